The maximum absolute atomic E-state index is 12.8. The van der Waals surface area contributed by atoms with Crippen LogP contribution in [0, 0.1) is 5.41 Å². The van der Waals surface area contributed by atoms with E-state index in [1.807, 2.05) is 41.8 Å². The zero-order valence-electron chi connectivity index (χ0n) is 12.9. The van der Waals surface area contributed by atoms with Crippen LogP contribution >= 0.6 is 0 Å². The lowest BCUT2D eigenvalue weighted by molar-refractivity contribution is -0.147. The smallest absolute Gasteiger partial charge is 0.311 e. The largest absolute Gasteiger partial charge is 0.481 e. The zero-order valence-corrected chi connectivity index (χ0v) is 12.9. The number of fused-ring (bicyclic) bond motifs is 1. The fraction of sp³-hybridized carbons (Fsp3) is 0.412. The van der Waals surface area contributed by atoms with Crippen LogP contribution < -0.4 is 0 Å². The van der Waals surface area contributed by atoms with Crippen molar-refractivity contribution in [2.75, 3.05) is 13.1 Å². The summed E-state index contributed by atoms with van der Waals surface area (Å²) in [5.41, 5.74) is 0.838. The van der Waals surface area contributed by atoms with Crippen molar-refractivity contribution in [1.29, 1.82) is 0 Å². The topological polar surface area (TPSA) is 62.5 Å². The van der Waals surface area contributed by atoms with Crippen molar-refractivity contribution in [3.05, 3.63) is 36.0 Å². The van der Waals surface area contributed by atoms with Gasteiger partial charge in [-0.3, -0.25) is 9.59 Å². The first kappa shape index (κ1) is 14.6. The Morgan fingerprint density at radius 1 is 1.32 bits per heavy atom. The minimum absolute atomic E-state index is 0.0805. The maximum Gasteiger partial charge on any atom is 0.311 e. The van der Waals surface area contributed by atoms with Gasteiger partial charge >= 0.3 is 5.97 Å². The highest BCUT2D eigenvalue weighted by molar-refractivity contribution is 5.99. The van der Waals surface area contributed by atoms with E-state index in [1.165, 1.54) is 0 Å². The Labute approximate surface area is 129 Å². The molecule has 3 rings (SSSR count). The highest BCUT2D eigenvalue weighted by Gasteiger charge is 2.42. The van der Waals surface area contributed by atoms with Gasteiger partial charge in [0.25, 0.3) is 5.91 Å². The molecule has 5 nitrogen and oxygen atoms in total. The van der Waals surface area contributed by atoms with Gasteiger partial charge in [-0.25, -0.2) is 0 Å². The van der Waals surface area contributed by atoms with Crippen LogP contribution in [-0.2, 0) is 11.3 Å². The van der Waals surface area contributed by atoms with E-state index >= 15 is 0 Å². The van der Waals surface area contributed by atoms with Gasteiger partial charge in [-0.2, -0.15) is 0 Å². The molecule has 0 saturated carbocycles. The molecule has 1 atom stereocenters. The Morgan fingerprint density at radius 3 is 2.68 bits per heavy atom. The van der Waals surface area contributed by atoms with Gasteiger partial charge in [-0.05, 0) is 32.4 Å². The second-order valence-electron chi connectivity index (χ2n) is 6.18. The van der Waals surface area contributed by atoms with E-state index in [0.717, 1.165) is 10.9 Å². The number of aliphatic carboxylic acids is 1. The number of carbonyl (C=O) groups excluding carboxylic acids is 1. The minimum atomic E-state index is -0.835. The Kier molecular flexibility index (Phi) is 3.43. The zero-order chi connectivity index (χ0) is 15.9. The third kappa shape index (κ3) is 2.17. The number of hydrogen-bond acceptors (Lipinski definition) is 2. The van der Waals surface area contributed by atoms with Crippen molar-refractivity contribution < 1.29 is 14.7 Å². The number of aromatic nitrogens is 1. The lowest BCUT2D eigenvalue weighted by Gasteiger charge is -2.20. The first-order valence-corrected chi connectivity index (χ1v) is 7.57. The quantitative estimate of drug-likeness (QED) is 0.947. The van der Waals surface area contributed by atoms with Gasteiger partial charge in [-0.15, -0.1) is 0 Å². The predicted octanol–water partition coefficient (Wildman–Crippen LogP) is 2.60. The molecule has 0 unspecified atom stereocenters. The van der Waals surface area contributed by atoms with Crippen molar-refractivity contribution in [2.24, 2.45) is 5.41 Å². The van der Waals surface area contributed by atoms with Crippen LogP contribution in [0.1, 0.15) is 30.8 Å². The van der Waals surface area contributed by atoms with Crippen LogP contribution in [0.3, 0.4) is 0 Å². The SMILES string of the molecule is CCn1c(C(=O)N2CC[C@@](C)(C(=O)O)C2)cc2ccccc21. The summed E-state index contributed by atoms with van der Waals surface area (Å²) in [6.45, 7) is 5.18. The molecular formula is C17H20N2O3. The number of nitrogens with zero attached hydrogens (tertiary/aromatic N) is 2. The van der Waals surface area contributed by atoms with Crippen molar-refractivity contribution >= 4 is 22.8 Å². The molecule has 1 aromatic heterocycles. The van der Waals surface area contributed by atoms with Crippen LogP contribution in [0.15, 0.2) is 30.3 Å². The monoisotopic (exact) mass is 300 g/mol. The molecule has 2 heterocycles. The summed E-state index contributed by atoms with van der Waals surface area (Å²) in [7, 11) is 0. The summed E-state index contributed by atoms with van der Waals surface area (Å²) in [6.07, 6.45) is 0.500. The second kappa shape index (κ2) is 5.16. The number of carboxylic acids is 1. The van der Waals surface area contributed by atoms with Crippen molar-refractivity contribution in [1.82, 2.24) is 9.47 Å². The molecule has 0 aliphatic carbocycles. The molecule has 22 heavy (non-hydrogen) atoms. The second-order valence-corrected chi connectivity index (χ2v) is 6.18. The highest BCUT2D eigenvalue weighted by atomic mass is 16.4. The molecule has 0 spiro atoms. The molecule has 2 aromatic rings. The fourth-order valence-electron chi connectivity index (χ4n) is 3.20. The molecule has 1 amide bonds. The third-order valence-electron chi connectivity index (χ3n) is 4.62. The number of para-hydroxylation sites is 1. The van der Waals surface area contributed by atoms with Crippen LogP contribution in [0.4, 0.5) is 0 Å². The normalized spacial score (nSPS) is 21.5. The number of carboxylic acid groups (broad SMARTS) is 1. The first-order chi connectivity index (χ1) is 10.5. The van der Waals surface area contributed by atoms with E-state index in [-0.39, 0.29) is 12.5 Å². The number of rotatable bonds is 3. The van der Waals surface area contributed by atoms with E-state index in [9.17, 15) is 14.7 Å². The lowest BCUT2D eigenvalue weighted by Crippen LogP contribution is -2.35. The van der Waals surface area contributed by atoms with Gasteiger partial charge in [-0.1, -0.05) is 18.2 Å². The highest BCUT2D eigenvalue weighted by Crippen LogP contribution is 2.31. The standard InChI is InChI=1S/C17H20N2O3/c1-3-19-13-7-5-4-6-12(13)10-14(19)15(20)18-9-8-17(2,11-18)16(21)22/h4-7,10H,3,8-9,11H2,1-2H3,(H,21,22)/t17-/m1/s1. The Balaban J connectivity index is 1.95. The molecule has 116 valence electrons. The van der Waals surface area contributed by atoms with Crippen LogP contribution in [0.25, 0.3) is 10.9 Å². The number of benzene rings is 1. The summed E-state index contributed by atoms with van der Waals surface area (Å²) in [4.78, 5) is 25.8. The molecule has 5 heteroatoms. The van der Waals surface area contributed by atoms with Crippen molar-refractivity contribution in [3.63, 3.8) is 0 Å². The molecule has 1 saturated heterocycles. The Morgan fingerprint density at radius 2 is 2.05 bits per heavy atom. The summed E-state index contributed by atoms with van der Waals surface area (Å²) < 4.78 is 1.99. The predicted molar refractivity (Wildman–Crippen MR) is 83.9 cm³/mol. The summed E-state index contributed by atoms with van der Waals surface area (Å²) in [5.74, 6) is -0.915. The van der Waals surface area contributed by atoms with E-state index < -0.39 is 11.4 Å². The van der Waals surface area contributed by atoms with Crippen molar-refractivity contribution in [3.8, 4) is 0 Å². The third-order valence-corrected chi connectivity index (χ3v) is 4.62. The summed E-state index contributed by atoms with van der Waals surface area (Å²) in [5, 5.41) is 10.3. The van der Waals surface area contributed by atoms with E-state index in [0.29, 0.717) is 25.2 Å². The molecule has 1 N–H and O–H groups in total. The van der Waals surface area contributed by atoms with Gasteiger partial charge in [0, 0.05) is 30.5 Å². The molecular weight excluding hydrogens is 280 g/mol. The number of likely N-dealkylation sites (tertiary alicyclic amines) is 1. The first-order valence-electron chi connectivity index (χ1n) is 7.57. The van der Waals surface area contributed by atoms with Crippen LogP contribution in [0.2, 0.25) is 0 Å². The molecule has 1 fully saturated rings. The van der Waals surface area contributed by atoms with Gasteiger partial charge in [0.1, 0.15) is 5.69 Å². The van der Waals surface area contributed by atoms with E-state index in [2.05, 4.69) is 0 Å². The maximum atomic E-state index is 12.8. The Bertz CT molecular complexity index is 749. The number of aryl methyl sites for hydroxylation is 1. The fourth-order valence-corrected chi connectivity index (χ4v) is 3.20. The number of amides is 1. The number of carbonyl (C=O) groups is 2. The molecule has 0 bridgehead atoms. The van der Waals surface area contributed by atoms with E-state index in [4.69, 9.17) is 0 Å². The summed E-state index contributed by atoms with van der Waals surface area (Å²) in [6, 6.07) is 9.80. The van der Waals surface area contributed by atoms with E-state index in [1.54, 1.807) is 11.8 Å². The average molecular weight is 300 g/mol. The molecule has 1 aliphatic rings. The van der Waals surface area contributed by atoms with Gasteiger partial charge < -0.3 is 14.6 Å². The average Bonchev–Trinajstić information content (AvgIpc) is 3.08. The van der Waals surface area contributed by atoms with Crippen LogP contribution in [0.5, 0.6) is 0 Å². The van der Waals surface area contributed by atoms with Crippen molar-refractivity contribution in [2.45, 2.75) is 26.8 Å². The Hall–Kier alpha value is -2.30. The van der Waals surface area contributed by atoms with Gasteiger partial charge in [0.15, 0.2) is 0 Å². The summed E-state index contributed by atoms with van der Waals surface area (Å²) >= 11 is 0. The molecule has 0 radical (unpaired) electrons. The molecule has 1 aliphatic heterocycles. The van der Waals surface area contributed by atoms with Gasteiger partial charge in [0.2, 0.25) is 0 Å². The van der Waals surface area contributed by atoms with Crippen LogP contribution in [-0.4, -0.2) is 39.5 Å². The lowest BCUT2D eigenvalue weighted by atomic mass is 9.90. The minimum Gasteiger partial charge on any atom is -0.481 e. The van der Waals surface area contributed by atoms with Gasteiger partial charge in [0.05, 0.1) is 5.41 Å². The number of hydrogen-bond donors (Lipinski definition) is 1. The molecule has 1 aromatic carbocycles.